The fourth-order valence-electron chi connectivity index (χ4n) is 3.19. The minimum atomic E-state index is -0.437. The highest BCUT2D eigenvalue weighted by atomic mass is 16.5. The lowest BCUT2D eigenvalue weighted by Crippen LogP contribution is -2.03. The molecule has 0 amide bonds. The van der Waals surface area contributed by atoms with E-state index in [-0.39, 0.29) is 0 Å². The molecule has 0 aliphatic rings. The number of hydrogen-bond donors (Lipinski definition) is 0. The van der Waals surface area contributed by atoms with Crippen LogP contribution >= 0.6 is 0 Å². The summed E-state index contributed by atoms with van der Waals surface area (Å²) in [7, 11) is 2.68. The van der Waals surface area contributed by atoms with Gasteiger partial charge in [0.2, 0.25) is 0 Å². The van der Waals surface area contributed by atoms with E-state index in [1.165, 1.54) is 14.2 Å². The van der Waals surface area contributed by atoms with E-state index in [4.69, 9.17) is 0 Å². The van der Waals surface area contributed by atoms with E-state index in [0.717, 1.165) is 22.3 Å². The summed E-state index contributed by atoms with van der Waals surface area (Å²) in [5.74, 6) is -0.874. The molecule has 0 unspecified atom stereocenters. The molecule has 4 heterocycles. The summed E-state index contributed by atoms with van der Waals surface area (Å²) in [6, 6.07) is 7.70. The molecule has 0 aromatic carbocycles. The molecule has 188 valence electrons. The van der Waals surface area contributed by atoms with Gasteiger partial charge in [0.25, 0.3) is 0 Å². The van der Waals surface area contributed by atoms with Gasteiger partial charge in [-0.3, -0.25) is 9.36 Å². The van der Waals surface area contributed by atoms with Crippen LogP contribution in [0.1, 0.15) is 60.8 Å². The molecule has 0 N–H and O–H groups in total. The second kappa shape index (κ2) is 11.9. The average Bonchev–Trinajstić information content (AvgIpc) is 3.59. The van der Waals surface area contributed by atoms with Gasteiger partial charge in [0.15, 0.2) is 0 Å². The quantitative estimate of drug-likeness (QED) is 0.360. The Kier molecular flexibility index (Phi) is 8.66. The van der Waals surface area contributed by atoms with Crippen molar-refractivity contribution >= 4 is 11.9 Å². The highest BCUT2D eigenvalue weighted by Crippen LogP contribution is 2.21. The molecule has 0 bridgehead atoms. The third-order valence-corrected chi connectivity index (χ3v) is 5.24. The highest BCUT2D eigenvalue weighted by molar-refractivity contribution is 5.89. The highest BCUT2D eigenvalue weighted by Gasteiger charge is 2.11. The van der Waals surface area contributed by atoms with Crippen LogP contribution in [0.5, 0.6) is 0 Å². The van der Waals surface area contributed by atoms with Crippen LogP contribution in [-0.4, -0.2) is 55.7 Å². The molecule has 0 saturated heterocycles. The van der Waals surface area contributed by atoms with Gasteiger partial charge in [0, 0.05) is 48.0 Å². The van der Waals surface area contributed by atoms with Crippen LogP contribution in [0.15, 0.2) is 61.4 Å². The van der Waals surface area contributed by atoms with Crippen LogP contribution in [0.3, 0.4) is 0 Å². The zero-order valence-corrected chi connectivity index (χ0v) is 21.2. The van der Waals surface area contributed by atoms with E-state index in [1.54, 1.807) is 36.9 Å². The molecule has 10 heteroatoms. The van der Waals surface area contributed by atoms with Crippen molar-refractivity contribution in [3.8, 4) is 22.3 Å². The van der Waals surface area contributed by atoms with E-state index >= 15 is 0 Å². The van der Waals surface area contributed by atoms with E-state index in [0.29, 0.717) is 23.5 Å². The fourth-order valence-corrected chi connectivity index (χ4v) is 3.19. The molecule has 10 nitrogen and oxygen atoms in total. The molecule has 0 saturated carbocycles. The molecule has 0 aliphatic heterocycles. The second-order valence-electron chi connectivity index (χ2n) is 8.45. The van der Waals surface area contributed by atoms with Crippen molar-refractivity contribution in [1.29, 1.82) is 0 Å². The Morgan fingerprint density at radius 1 is 0.694 bits per heavy atom. The monoisotopic (exact) mass is 490 g/mol. The van der Waals surface area contributed by atoms with Crippen molar-refractivity contribution in [3.63, 3.8) is 0 Å². The first-order valence-corrected chi connectivity index (χ1v) is 11.4. The zero-order valence-electron chi connectivity index (χ0n) is 21.2. The van der Waals surface area contributed by atoms with Crippen molar-refractivity contribution < 1.29 is 19.1 Å². The van der Waals surface area contributed by atoms with E-state index in [1.807, 2.05) is 33.9 Å². The standard InChI is InChI=1S/2C13H15N3O2/c2*1-9(2)16-8-11(7-15-16)10-4-5-14-12(6-10)13(17)18-3/h2*4-9H,1-3H3. The maximum Gasteiger partial charge on any atom is 0.356 e. The summed E-state index contributed by atoms with van der Waals surface area (Å²) in [5.41, 5.74) is 4.31. The number of carbonyl (C=O) groups excluding carboxylic acids is 2. The topological polar surface area (TPSA) is 114 Å². The number of carbonyl (C=O) groups is 2. The molecule has 0 radical (unpaired) electrons. The fraction of sp³-hybridized carbons (Fsp3) is 0.308. The number of esters is 2. The number of hydrogen-bond acceptors (Lipinski definition) is 8. The summed E-state index contributed by atoms with van der Waals surface area (Å²) in [6.07, 6.45) is 10.6. The van der Waals surface area contributed by atoms with E-state index in [2.05, 4.69) is 57.3 Å². The van der Waals surface area contributed by atoms with Crippen LogP contribution in [-0.2, 0) is 9.47 Å². The lowest BCUT2D eigenvalue weighted by atomic mass is 10.1. The number of nitrogens with zero attached hydrogens (tertiary/aromatic N) is 6. The maximum absolute atomic E-state index is 11.4. The normalized spacial score (nSPS) is 10.7. The molecule has 36 heavy (non-hydrogen) atoms. The Labute approximate surface area is 209 Å². The van der Waals surface area contributed by atoms with Crippen molar-refractivity contribution in [2.75, 3.05) is 14.2 Å². The van der Waals surface area contributed by atoms with Gasteiger partial charge in [-0.25, -0.2) is 19.6 Å². The zero-order chi connectivity index (χ0) is 26.2. The largest absolute Gasteiger partial charge is 0.464 e. The van der Waals surface area contributed by atoms with Gasteiger partial charge in [0.05, 0.1) is 26.6 Å². The van der Waals surface area contributed by atoms with Crippen molar-refractivity contribution in [1.82, 2.24) is 29.5 Å². The Balaban J connectivity index is 0.000000201. The van der Waals surface area contributed by atoms with Gasteiger partial charge in [-0.15, -0.1) is 0 Å². The van der Waals surface area contributed by atoms with Gasteiger partial charge < -0.3 is 9.47 Å². The Hall–Kier alpha value is -4.34. The molecule has 0 aliphatic carbocycles. The molecule has 4 aromatic rings. The first-order chi connectivity index (χ1) is 17.2. The van der Waals surface area contributed by atoms with Crippen LogP contribution in [0, 0.1) is 0 Å². The molecular weight excluding hydrogens is 460 g/mol. The second-order valence-corrected chi connectivity index (χ2v) is 8.45. The molecule has 4 aromatic heterocycles. The average molecular weight is 491 g/mol. The van der Waals surface area contributed by atoms with Gasteiger partial charge >= 0.3 is 11.9 Å². The Morgan fingerprint density at radius 3 is 1.39 bits per heavy atom. The predicted molar refractivity (Wildman–Crippen MR) is 134 cm³/mol. The van der Waals surface area contributed by atoms with Crippen molar-refractivity contribution in [3.05, 3.63) is 72.8 Å². The third-order valence-electron chi connectivity index (χ3n) is 5.24. The number of ether oxygens (including phenoxy) is 2. The van der Waals surface area contributed by atoms with Crippen LogP contribution < -0.4 is 0 Å². The smallest absolute Gasteiger partial charge is 0.356 e. The molecular formula is C26H30N6O4. The Bertz CT molecular complexity index is 1220. The minimum absolute atomic E-state index is 0.298. The van der Waals surface area contributed by atoms with Gasteiger partial charge in [-0.05, 0) is 63.1 Å². The third kappa shape index (κ3) is 6.41. The molecule has 0 spiro atoms. The first kappa shape index (κ1) is 26.3. The number of methoxy groups -OCH3 is 2. The van der Waals surface area contributed by atoms with Crippen LogP contribution in [0.4, 0.5) is 0 Å². The molecule has 0 atom stereocenters. The summed E-state index contributed by atoms with van der Waals surface area (Å²) >= 11 is 0. The van der Waals surface area contributed by atoms with Crippen LogP contribution in [0.25, 0.3) is 22.3 Å². The van der Waals surface area contributed by atoms with E-state index < -0.39 is 11.9 Å². The van der Waals surface area contributed by atoms with Crippen LogP contribution in [0.2, 0.25) is 0 Å². The minimum Gasteiger partial charge on any atom is -0.464 e. The lowest BCUT2D eigenvalue weighted by molar-refractivity contribution is 0.0585. The van der Waals surface area contributed by atoms with Gasteiger partial charge in [0.1, 0.15) is 11.4 Å². The number of rotatable bonds is 6. The predicted octanol–water partition coefficient (Wildman–Crippen LogP) is 4.63. The summed E-state index contributed by atoms with van der Waals surface area (Å²) in [6.45, 7) is 8.23. The van der Waals surface area contributed by atoms with Gasteiger partial charge in [-0.2, -0.15) is 10.2 Å². The lowest BCUT2D eigenvalue weighted by Gasteiger charge is -2.03. The first-order valence-electron chi connectivity index (χ1n) is 11.4. The van der Waals surface area contributed by atoms with Crippen molar-refractivity contribution in [2.45, 2.75) is 39.8 Å². The molecule has 4 rings (SSSR count). The number of pyridine rings is 2. The Morgan fingerprint density at radius 2 is 1.08 bits per heavy atom. The SMILES string of the molecule is COC(=O)c1cc(-c2cnn(C(C)C)c2)ccn1.COC(=O)c1cc(-c2cnn(C(C)C)c2)ccn1. The molecule has 0 fully saturated rings. The van der Waals surface area contributed by atoms with Gasteiger partial charge in [-0.1, -0.05) is 0 Å². The maximum atomic E-state index is 11.4. The summed E-state index contributed by atoms with van der Waals surface area (Å²) in [5, 5.41) is 8.53. The number of aromatic nitrogens is 6. The van der Waals surface area contributed by atoms with Crippen molar-refractivity contribution in [2.24, 2.45) is 0 Å². The summed E-state index contributed by atoms with van der Waals surface area (Å²) in [4.78, 5) is 30.8. The van der Waals surface area contributed by atoms with E-state index in [9.17, 15) is 9.59 Å². The summed E-state index contributed by atoms with van der Waals surface area (Å²) < 4.78 is 13.0.